The molecule has 0 bridgehead atoms. The van der Waals surface area contributed by atoms with Crippen molar-refractivity contribution < 1.29 is 9.59 Å². The summed E-state index contributed by atoms with van der Waals surface area (Å²) in [6.07, 6.45) is 6.92. The summed E-state index contributed by atoms with van der Waals surface area (Å²) in [5.74, 6) is 0.330. The average Bonchev–Trinajstić information content (AvgIpc) is 2.92. The number of amides is 2. The van der Waals surface area contributed by atoms with Gasteiger partial charge in [0.25, 0.3) is 0 Å². The summed E-state index contributed by atoms with van der Waals surface area (Å²) in [6, 6.07) is 0.169. The topological polar surface area (TPSA) is 70.2 Å². The van der Waals surface area contributed by atoms with Crippen LogP contribution >= 0.6 is 12.4 Å². The van der Waals surface area contributed by atoms with Crippen LogP contribution in [0.1, 0.15) is 51.9 Å². The number of hydrogen-bond acceptors (Lipinski definition) is 3. The third-order valence-corrected chi connectivity index (χ3v) is 4.28. The Morgan fingerprint density at radius 1 is 1.19 bits per heavy atom. The largest absolute Gasteiger partial charge is 0.353 e. The third-order valence-electron chi connectivity index (χ3n) is 4.28. The van der Waals surface area contributed by atoms with Gasteiger partial charge in [0.05, 0.1) is 0 Å². The minimum atomic E-state index is -0.0845. The molecule has 1 saturated heterocycles. The van der Waals surface area contributed by atoms with Gasteiger partial charge in [-0.05, 0) is 32.7 Å². The van der Waals surface area contributed by atoms with Crippen molar-refractivity contribution >= 4 is 24.2 Å². The summed E-state index contributed by atoms with van der Waals surface area (Å²) in [5, 5.41) is 9.22. The second-order valence-corrected chi connectivity index (χ2v) is 6.21. The molecule has 0 spiro atoms. The van der Waals surface area contributed by atoms with Crippen LogP contribution in [0, 0.1) is 5.92 Å². The Morgan fingerprint density at radius 3 is 2.52 bits per heavy atom. The van der Waals surface area contributed by atoms with Crippen molar-refractivity contribution in [3.8, 4) is 0 Å². The molecule has 2 atom stereocenters. The van der Waals surface area contributed by atoms with Gasteiger partial charge in [-0.25, -0.2) is 0 Å². The summed E-state index contributed by atoms with van der Waals surface area (Å²) in [7, 11) is 0. The Bertz CT molecular complexity index is 340. The molecule has 122 valence electrons. The first kappa shape index (κ1) is 18.2. The summed E-state index contributed by atoms with van der Waals surface area (Å²) < 4.78 is 0. The van der Waals surface area contributed by atoms with Gasteiger partial charge in [-0.1, -0.05) is 19.3 Å². The van der Waals surface area contributed by atoms with E-state index in [9.17, 15) is 9.59 Å². The quantitative estimate of drug-likeness (QED) is 0.717. The van der Waals surface area contributed by atoms with E-state index in [0.29, 0.717) is 6.42 Å². The van der Waals surface area contributed by atoms with E-state index in [1.807, 2.05) is 6.92 Å². The predicted octanol–water partition coefficient (Wildman–Crippen LogP) is 1.36. The van der Waals surface area contributed by atoms with Crippen molar-refractivity contribution in [1.82, 2.24) is 16.0 Å². The molecular weight excluding hydrogens is 290 g/mol. The lowest BCUT2D eigenvalue weighted by molar-refractivity contribution is -0.127. The molecule has 0 aromatic heterocycles. The first-order valence-corrected chi connectivity index (χ1v) is 7.95. The predicted molar refractivity (Wildman–Crippen MR) is 85.5 cm³/mol. The second kappa shape index (κ2) is 9.26. The van der Waals surface area contributed by atoms with Gasteiger partial charge in [0.1, 0.15) is 0 Å². The Morgan fingerprint density at radius 2 is 1.90 bits per heavy atom. The lowest BCUT2D eigenvalue weighted by Crippen LogP contribution is -2.43. The van der Waals surface area contributed by atoms with Crippen LogP contribution in [0.25, 0.3) is 0 Å². The Balaban J connectivity index is 0.00000220. The van der Waals surface area contributed by atoms with Gasteiger partial charge in [0, 0.05) is 31.0 Å². The van der Waals surface area contributed by atoms with E-state index in [0.717, 1.165) is 45.2 Å². The highest BCUT2D eigenvalue weighted by Crippen LogP contribution is 2.23. The van der Waals surface area contributed by atoms with E-state index >= 15 is 0 Å². The maximum atomic E-state index is 12.1. The Hall–Kier alpha value is -0.810. The van der Waals surface area contributed by atoms with Gasteiger partial charge >= 0.3 is 0 Å². The van der Waals surface area contributed by atoms with E-state index in [4.69, 9.17) is 0 Å². The molecule has 3 N–H and O–H groups in total. The van der Waals surface area contributed by atoms with Crippen LogP contribution < -0.4 is 16.0 Å². The minimum absolute atomic E-state index is 0. The molecule has 2 rings (SSSR count). The molecule has 6 heteroatoms. The molecule has 0 aromatic rings. The summed E-state index contributed by atoms with van der Waals surface area (Å²) in [5.41, 5.74) is 0. The van der Waals surface area contributed by atoms with E-state index in [1.165, 1.54) is 6.42 Å². The highest BCUT2D eigenvalue weighted by Gasteiger charge is 2.23. The Kier molecular flexibility index (Phi) is 8.04. The molecular formula is C15H28ClN3O2. The molecule has 0 aromatic carbocycles. The van der Waals surface area contributed by atoms with Crippen LogP contribution in [0.3, 0.4) is 0 Å². The van der Waals surface area contributed by atoms with Crippen LogP contribution in [0.2, 0.25) is 0 Å². The SMILES string of the molecule is CC(CC(=O)NC1CCNC1)NC(=O)C1CCCCC1.Cl. The highest BCUT2D eigenvalue weighted by atomic mass is 35.5. The standard InChI is InChI=1S/C15H27N3O2.ClH/c1-11(9-14(19)18-13-7-8-16-10-13)17-15(20)12-5-3-2-4-6-12;/h11-13,16H,2-10H2,1H3,(H,17,20)(H,18,19);1H. The molecule has 2 unspecified atom stereocenters. The molecule has 0 radical (unpaired) electrons. The fourth-order valence-corrected chi connectivity index (χ4v) is 3.12. The summed E-state index contributed by atoms with van der Waals surface area (Å²) in [4.78, 5) is 24.0. The Labute approximate surface area is 133 Å². The van der Waals surface area contributed by atoms with Crippen LogP contribution in [-0.4, -0.2) is 37.0 Å². The van der Waals surface area contributed by atoms with Crippen molar-refractivity contribution in [3.05, 3.63) is 0 Å². The van der Waals surface area contributed by atoms with Gasteiger partial charge in [-0.3, -0.25) is 9.59 Å². The molecule has 1 aliphatic carbocycles. The summed E-state index contributed by atoms with van der Waals surface area (Å²) in [6.45, 7) is 3.74. The lowest BCUT2D eigenvalue weighted by Gasteiger charge is -2.23. The minimum Gasteiger partial charge on any atom is -0.353 e. The molecule has 5 nitrogen and oxygen atoms in total. The van der Waals surface area contributed by atoms with Gasteiger partial charge < -0.3 is 16.0 Å². The number of halogens is 1. The molecule has 2 fully saturated rings. The van der Waals surface area contributed by atoms with E-state index in [2.05, 4.69) is 16.0 Å². The van der Waals surface area contributed by atoms with Crippen molar-refractivity contribution in [2.24, 2.45) is 5.92 Å². The molecule has 1 heterocycles. The normalized spacial score (nSPS) is 24.0. The molecule has 2 amide bonds. The van der Waals surface area contributed by atoms with E-state index in [1.54, 1.807) is 0 Å². The van der Waals surface area contributed by atoms with Crippen LogP contribution in [0.4, 0.5) is 0 Å². The van der Waals surface area contributed by atoms with E-state index < -0.39 is 0 Å². The van der Waals surface area contributed by atoms with Crippen LogP contribution in [-0.2, 0) is 9.59 Å². The fraction of sp³-hybridized carbons (Fsp3) is 0.867. The first-order valence-electron chi connectivity index (χ1n) is 7.95. The average molecular weight is 318 g/mol. The summed E-state index contributed by atoms with van der Waals surface area (Å²) >= 11 is 0. The third kappa shape index (κ3) is 6.22. The van der Waals surface area contributed by atoms with Crippen LogP contribution in [0.15, 0.2) is 0 Å². The van der Waals surface area contributed by atoms with E-state index in [-0.39, 0.29) is 42.2 Å². The maximum absolute atomic E-state index is 12.1. The van der Waals surface area contributed by atoms with Gasteiger partial charge in [0.15, 0.2) is 0 Å². The fourth-order valence-electron chi connectivity index (χ4n) is 3.12. The molecule has 21 heavy (non-hydrogen) atoms. The number of carbonyl (C=O) groups excluding carboxylic acids is 2. The number of carbonyl (C=O) groups is 2. The lowest BCUT2D eigenvalue weighted by atomic mass is 9.88. The van der Waals surface area contributed by atoms with Crippen molar-refractivity contribution in [1.29, 1.82) is 0 Å². The number of nitrogens with one attached hydrogen (secondary N) is 3. The zero-order valence-electron chi connectivity index (χ0n) is 12.8. The number of rotatable bonds is 5. The first-order chi connectivity index (χ1) is 9.65. The number of hydrogen-bond donors (Lipinski definition) is 3. The molecule has 1 aliphatic heterocycles. The van der Waals surface area contributed by atoms with Crippen molar-refractivity contribution in [2.45, 2.75) is 64.0 Å². The monoisotopic (exact) mass is 317 g/mol. The van der Waals surface area contributed by atoms with Crippen LogP contribution in [0.5, 0.6) is 0 Å². The zero-order chi connectivity index (χ0) is 14.4. The molecule has 1 saturated carbocycles. The second-order valence-electron chi connectivity index (χ2n) is 6.21. The van der Waals surface area contributed by atoms with Crippen molar-refractivity contribution in [2.75, 3.05) is 13.1 Å². The van der Waals surface area contributed by atoms with Crippen molar-refractivity contribution in [3.63, 3.8) is 0 Å². The smallest absolute Gasteiger partial charge is 0.223 e. The maximum Gasteiger partial charge on any atom is 0.223 e. The zero-order valence-corrected chi connectivity index (χ0v) is 13.6. The molecule has 2 aliphatic rings. The van der Waals surface area contributed by atoms with Gasteiger partial charge in [-0.2, -0.15) is 0 Å². The highest BCUT2D eigenvalue weighted by molar-refractivity contribution is 5.85. The van der Waals surface area contributed by atoms with Gasteiger partial charge in [-0.15, -0.1) is 12.4 Å². The van der Waals surface area contributed by atoms with Gasteiger partial charge in [0.2, 0.25) is 11.8 Å².